The van der Waals surface area contributed by atoms with Gasteiger partial charge in [0.25, 0.3) is 11.8 Å². The Hall–Kier alpha value is -4.01. The van der Waals surface area contributed by atoms with Gasteiger partial charge in [-0.15, -0.1) is 0 Å². The van der Waals surface area contributed by atoms with Gasteiger partial charge < -0.3 is 14.6 Å². The molecular formula is C24H26N6O3. The molecule has 0 spiro atoms. The number of rotatable bonds is 8. The Balaban J connectivity index is 1.41. The van der Waals surface area contributed by atoms with Crippen molar-refractivity contribution in [2.45, 2.75) is 46.3 Å². The maximum Gasteiger partial charge on any atom is 0.271 e. The third kappa shape index (κ3) is 5.43. The molecule has 0 bridgehead atoms. The second-order valence-corrected chi connectivity index (χ2v) is 8.17. The molecule has 0 atom stereocenters. The first-order chi connectivity index (χ1) is 15.9. The van der Waals surface area contributed by atoms with Crippen molar-refractivity contribution in [1.82, 2.24) is 30.0 Å². The Labute approximate surface area is 191 Å². The summed E-state index contributed by atoms with van der Waals surface area (Å²) in [7, 11) is 0. The Morgan fingerprint density at radius 2 is 1.91 bits per heavy atom. The largest absolute Gasteiger partial charge is 0.491 e. The summed E-state index contributed by atoms with van der Waals surface area (Å²) in [4.78, 5) is 25.6. The molecule has 0 aliphatic heterocycles. The molecule has 0 saturated carbocycles. The number of aromatic nitrogens is 5. The molecule has 3 aromatic heterocycles. The fourth-order valence-corrected chi connectivity index (χ4v) is 3.08. The van der Waals surface area contributed by atoms with Crippen molar-refractivity contribution < 1.29 is 14.1 Å². The first-order valence-corrected chi connectivity index (χ1v) is 10.8. The van der Waals surface area contributed by atoms with Crippen molar-refractivity contribution in [3.05, 3.63) is 72.2 Å². The van der Waals surface area contributed by atoms with Crippen LogP contribution in [0.2, 0.25) is 0 Å². The van der Waals surface area contributed by atoms with Crippen LogP contribution < -0.4 is 10.1 Å². The van der Waals surface area contributed by atoms with Crippen LogP contribution in [0.4, 0.5) is 0 Å². The second kappa shape index (κ2) is 9.64. The summed E-state index contributed by atoms with van der Waals surface area (Å²) in [5.74, 6) is 2.35. The van der Waals surface area contributed by atoms with Crippen molar-refractivity contribution in [1.29, 1.82) is 0 Å². The summed E-state index contributed by atoms with van der Waals surface area (Å²) in [6.45, 7) is 8.35. The van der Waals surface area contributed by atoms with Crippen LogP contribution >= 0.6 is 0 Å². The van der Waals surface area contributed by atoms with Crippen molar-refractivity contribution in [3.63, 3.8) is 0 Å². The predicted molar refractivity (Wildman–Crippen MR) is 122 cm³/mol. The number of carbonyl (C=O) groups excluding carboxylic acids is 1. The average molecular weight is 447 g/mol. The van der Waals surface area contributed by atoms with E-state index in [1.807, 2.05) is 58.0 Å². The molecule has 3 heterocycles. The number of imidazole rings is 1. The van der Waals surface area contributed by atoms with E-state index in [-0.39, 0.29) is 17.9 Å². The highest BCUT2D eigenvalue weighted by atomic mass is 16.5. The number of ether oxygens (including phenoxy) is 1. The van der Waals surface area contributed by atoms with E-state index in [0.29, 0.717) is 29.8 Å². The van der Waals surface area contributed by atoms with Crippen LogP contribution in [0.3, 0.4) is 0 Å². The fraction of sp³-hybridized carbons (Fsp3) is 0.292. The van der Waals surface area contributed by atoms with E-state index in [0.717, 1.165) is 16.9 Å². The van der Waals surface area contributed by atoms with Crippen LogP contribution in [0.1, 0.15) is 55.5 Å². The lowest BCUT2D eigenvalue weighted by Crippen LogP contribution is -2.23. The Bertz CT molecular complexity index is 1230. The van der Waals surface area contributed by atoms with Crippen LogP contribution in [0.5, 0.6) is 5.75 Å². The minimum absolute atomic E-state index is 0.116. The monoisotopic (exact) mass is 446 g/mol. The van der Waals surface area contributed by atoms with Gasteiger partial charge in [0, 0.05) is 30.4 Å². The number of amides is 1. The smallest absolute Gasteiger partial charge is 0.271 e. The molecule has 1 aromatic carbocycles. The lowest BCUT2D eigenvalue weighted by atomic mass is 10.2. The second-order valence-electron chi connectivity index (χ2n) is 8.17. The highest BCUT2D eigenvalue weighted by Crippen LogP contribution is 2.21. The standard InChI is InChI=1S/C24H26N6O3/c1-15(2)22-28-24(33-29-22)18-9-10-25-21(11-18)30-13-20(27-14-30)23(31)26-12-17-5-7-19(8-6-17)32-16(3)4/h5-11,13-16H,12H2,1-4H3,(H,26,31). The summed E-state index contributed by atoms with van der Waals surface area (Å²) in [6, 6.07) is 11.2. The van der Waals surface area contributed by atoms with Crippen molar-refractivity contribution in [3.8, 4) is 23.0 Å². The van der Waals surface area contributed by atoms with Gasteiger partial charge in [0.2, 0.25) is 0 Å². The molecule has 9 nitrogen and oxygen atoms in total. The lowest BCUT2D eigenvalue weighted by molar-refractivity contribution is 0.0946. The molecule has 170 valence electrons. The Morgan fingerprint density at radius 3 is 2.61 bits per heavy atom. The third-order valence-electron chi connectivity index (χ3n) is 4.78. The van der Waals surface area contributed by atoms with Crippen LogP contribution in [-0.2, 0) is 6.54 Å². The van der Waals surface area contributed by atoms with E-state index in [1.165, 1.54) is 0 Å². The zero-order chi connectivity index (χ0) is 23.4. The van der Waals surface area contributed by atoms with Crippen LogP contribution in [0.25, 0.3) is 17.3 Å². The quantitative estimate of drug-likeness (QED) is 0.433. The lowest BCUT2D eigenvalue weighted by Gasteiger charge is -2.10. The van der Waals surface area contributed by atoms with Gasteiger partial charge in [-0.2, -0.15) is 4.98 Å². The van der Waals surface area contributed by atoms with Crippen LogP contribution in [0.15, 0.2) is 59.6 Å². The zero-order valence-electron chi connectivity index (χ0n) is 19.0. The van der Waals surface area contributed by atoms with Gasteiger partial charge in [-0.3, -0.25) is 9.36 Å². The third-order valence-corrected chi connectivity index (χ3v) is 4.78. The first kappa shape index (κ1) is 22.2. The summed E-state index contributed by atoms with van der Waals surface area (Å²) in [5, 5.41) is 6.88. The average Bonchev–Trinajstić information content (AvgIpc) is 3.49. The molecule has 0 saturated heterocycles. The van der Waals surface area contributed by atoms with Gasteiger partial charge in [0.05, 0.1) is 6.10 Å². The summed E-state index contributed by atoms with van der Waals surface area (Å²) in [6.07, 6.45) is 4.95. The number of hydrogen-bond donors (Lipinski definition) is 1. The zero-order valence-corrected chi connectivity index (χ0v) is 19.0. The minimum Gasteiger partial charge on any atom is -0.491 e. The summed E-state index contributed by atoms with van der Waals surface area (Å²) in [5.41, 5.74) is 2.00. The molecule has 4 rings (SSSR count). The van der Waals surface area contributed by atoms with Gasteiger partial charge in [-0.1, -0.05) is 31.1 Å². The topological polar surface area (TPSA) is 108 Å². The molecule has 0 fully saturated rings. The molecule has 0 aliphatic rings. The molecule has 4 aromatic rings. The van der Waals surface area contributed by atoms with Gasteiger partial charge in [0.15, 0.2) is 5.82 Å². The number of nitrogens with zero attached hydrogens (tertiary/aromatic N) is 5. The molecule has 1 N–H and O–H groups in total. The highest BCUT2D eigenvalue weighted by Gasteiger charge is 2.14. The van der Waals surface area contributed by atoms with Crippen molar-refractivity contribution >= 4 is 5.91 Å². The number of benzene rings is 1. The maximum absolute atomic E-state index is 12.6. The predicted octanol–water partition coefficient (Wildman–Crippen LogP) is 4.16. The highest BCUT2D eigenvalue weighted by molar-refractivity contribution is 5.92. The molecule has 1 amide bonds. The number of pyridine rings is 1. The van der Waals surface area contributed by atoms with Crippen LogP contribution in [-0.4, -0.2) is 36.7 Å². The van der Waals surface area contributed by atoms with Crippen molar-refractivity contribution in [2.24, 2.45) is 0 Å². The molecular weight excluding hydrogens is 420 g/mol. The van der Waals surface area contributed by atoms with Gasteiger partial charge in [-0.05, 0) is 43.7 Å². The summed E-state index contributed by atoms with van der Waals surface area (Å²) < 4.78 is 12.7. The maximum atomic E-state index is 12.6. The normalized spacial score (nSPS) is 11.2. The van der Waals surface area contributed by atoms with Crippen molar-refractivity contribution in [2.75, 3.05) is 0 Å². The molecule has 33 heavy (non-hydrogen) atoms. The molecule has 9 heteroatoms. The van der Waals surface area contributed by atoms with E-state index in [4.69, 9.17) is 9.26 Å². The van der Waals surface area contributed by atoms with Crippen LogP contribution in [0, 0.1) is 0 Å². The number of nitrogens with one attached hydrogen (secondary N) is 1. The van der Waals surface area contributed by atoms with Gasteiger partial charge in [-0.25, -0.2) is 9.97 Å². The van der Waals surface area contributed by atoms with E-state index in [1.54, 1.807) is 29.4 Å². The minimum atomic E-state index is -0.272. The molecule has 0 aliphatic carbocycles. The number of carbonyl (C=O) groups is 1. The number of hydrogen-bond acceptors (Lipinski definition) is 7. The van der Waals surface area contributed by atoms with Gasteiger partial charge >= 0.3 is 0 Å². The Kier molecular flexibility index (Phi) is 6.48. The van der Waals surface area contributed by atoms with E-state index in [9.17, 15) is 4.79 Å². The van der Waals surface area contributed by atoms with Gasteiger partial charge in [0.1, 0.15) is 23.6 Å². The van der Waals surface area contributed by atoms with E-state index in [2.05, 4.69) is 25.4 Å². The molecule has 0 unspecified atom stereocenters. The van der Waals surface area contributed by atoms with E-state index >= 15 is 0 Å². The first-order valence-electron chi connectivity index (χ1n) is 10.8. The summed E-state index contributed by atoms with van der Waals surface area (Å²) >= 11 is 0. The molecule has 0 radical (unpaired) electrons. The Morgan fingerprint density at radius 1 is 1.12 bits per heavy atom. The van der Waals surface area contributed by atoms with E-state index < -0.39 is 0 Å². The fourth-order valence-electron chi connectivity index (χ4n) is 3.08. The SMILES string of the molecule is CC(C)Oc1ccc(CNC(=O)c2cn(-c3cc(-c4nc(C(C)C)no4)ccn3)cn2)cc1.